The molecule has 0 saturated carbocycles. The molecule has 128 valence electrons. The lowest BCUT2D eigenvalue weighted by molar-refractivity contribution is 0.110. The summed E-state index contributed by atoms with van der Waals surface area (Å²) in [6.45, 7) is 2.60. The van der Waals surface area contributed by atoms with E-state index in [9.17, 15) is 4.39 Å². The van der Waals surface area contributed by atoms with Gasteiger partial charge in [0, 0.05) is 35.3 Å². The molecule has 0 unspecified atom stereocenters. The van der Waals surface area contributed by atoms with E-state index < -0.39 is 0 Å². The molecule has 3 rings (SSSR count). The minimum Gasteiger partial charge on any atom is -0.488 e. The fourth-order valence-electron chi connectivity index (χ4n) is 2.77. The summed E-state index contributed by atoms with van der Waals surface area (Å²) in [7, 11) is 0. The molecule has 5 heteroatoms. The molecule has 1 atom stereocenters. The zero-order chi connectivity index (χ0) is 16.8. The van der Waals surface area contributed by atoms with Crippen molar-refractivity contribution < 1.29 is 13.9 Å². The summed E-state index contributed by atoms with van der Waals surface area (Å²) in [5.41, 5.74) is 1.59. The van der Waals surface area contributed by atoms with Crippen LogP contribution in [0.4, 0.5) is 4.39 Å². The molecule has 3 nitrogen and oxygen atoms in total. The van der Waals surface area contributed by atoms with E-state index in [-0.39, 0.29) is 12.4 Å². The minimum absolute atomic E-state index is 0.215. The summed E-state index contributed by atoms with van der Waals surface area (Å²) in [5, 5.41) is 3.42. The van der Waals surface area contributed by atoms with Crippen LogP contribution in [0.5, 0.6) is 5.75 Å². The van der Waals surface area contributed by atoms with E-state index in [2.05, 4.69) is 21.2 Å². The highest BCUT2D eigenvalue weighted by Crippen LogP contribution is 2.24. The molecular formula is C19H21BrFNO2. The fourth-order valence-corrected chi connectivity index (χ4v) is 3.18. The first-order valence-electron chi connectivity index (χ1n) is 8.19. The highest BCUT2D eigenvalue weighted by atomic mass is 79.9. The van der Waals surface area contributed by atoms with Gasteiger partial charge in [-0.05, 0) is 37.1 Å². The van der Waals surface area contributed by atoms with Crippen LogP contribution in [0, 0.1) is 5.82 Å². The van der Waals surface area contributed by atoms with E-state index >= 15 is 0 Å². The van der Waals surface area contributed by atoms with E-state index in [1.54, 1.807) is 12.1 Å². The second-order valence-electron chi connectivity index (χ2n) is 5.90. The number of halogens is 2. The molecule has 1 N–H and O–H groups in total. The van der Waals surface area contributed by atoms with Gasteiger partial charge in [-0.15, -0.1) is 0 Å². The van der Waals surface area contributed by atoms with Crippen LogP contribution in [0.3, 0.4) is 0 Å². The van der Waals surface area contributed by atoms with Crippen LogP contribution in [-0.4, -0.2) is 19.3 Å². The highest BCUT2D eigenvalue weighted by molar-refractivity contribution is 9.10. The van der Waals surface area contributed by atoms with E-state index in [0.717, 1.165) is 41.8 Å². The topological polar surface area (TPSA) is 30.5 Å². The molecule has 0 aromatic heterocycles. The van der Waals surface area contributed by atoms with E-state index in [1.165, 1.54) is 6.07 Å². The van der Waals surface area contributed by atoms with Gasteiger partial charge in [0.1, 0.15) is 18.2 Å². The third-order valence-corrected chi connectivity index (χ3v) is 4.57. The van der Waals surface area contributed by atoms with Crippen LogP contribution in [0.25, 0.3) is 0 Å². The molecule has 0 bridgehead atoms. The number of hydrogen-bond donors (Lipinski definition) is 1. The lowest BCUT2D eigenvalue weighted by Crippen LogP contribution is -2.26. The lowest BCUT2D eigenvalue weighted by atomic mass is 10.2. The van der Waals surface area contributed by atoms with Gasteiger partial charge >= 0.3 is 0 Å². The number of rotatable bonds is 7. The van der Waals surface area contributed by atoms with Crippen molar-refractivity contribution in [2.75, 3.05) is 13.2 Å². The Bertz CT molecular complexity index is 674. The van der Waals surface area contributed by atoms with Crippen molar-refractivity contribution >= 4 is 15.9 Å². The van der Waals surface area contributed by atoms with Crippen LogP contribution in [0.2, 0.25) is 0 Å². The summed E-state index contributed by atoms with van der Waals surface area (Å²) < 4.78 is 26.2. The van der Waals surface area contributed by atoms with Crippen LogP contribution in [0.1, 0.15) is 24.0 Å². The molecule has 0 aliphatic carbocycles. The average Bonchev–Trinajstić information content (AvgIpc) is 3.09. The Balaban J connectivity index is 1.60. The van der Waals surface area contributed by atoms with E-state index in [4.69, 9.17) is 9.47 Å². The maximum absolute atomic E-state index is 13.7. The first-order chi connectivity index (χ1) is 11.7. The number of nitrogens with one attached hydrogen (secondary N) is 1. The fraction of sp³-hybridized carbons (Fsp3) is 0.368. The molecule has 2 aromatic carbocycles. The van der Waals surface area contributed by atoms with Gasteiger partial charge in [-0.1, -0.05) is 34.1 Å². The second kappa shape index (κ2) is 8.60. The van der Waals surface area contributed by atoms with Crippen molar-refractivity contribution in [3.8, 4) is 5.75 Å². The molecule has 2 aromatic rings. The molecule has 1 fully saturated rings. The molecule has 1 aliphatic rings. The number of benzene rings is 2. The SMILES string of the molecule is Fc1ccccc1COc1ccc(Br)cc1CNC[C@H]1CCCO1. The quantitative estimate of drug-likeness (QED) is 0.754. The third-order valence-electron chi connectivity index (χ3n) is 4.07. The Kier molecular flexibility index (Phi) is 6.24. The van der Waals surface area contributed by atoms with Crippen molar-refractivity contribution in [2.45, 2.75) is 32.1 Å². The molecule has 0 radical (unpaired) electrons. The van der Waals surface area contributed by atoms with E-state index in [1.807, 2.05) is 24.3 Å². The van der Waals surface area contributed by atoms with Crippen LogP contribution < -0.4 is 10.1 Å². The third kappa shape index (κ3) is 4.79. The van der Waals surface area contributed by atoms with Gasteiger partial charge in [0.05, 0.1) is 6.10 Å². The first kappa shape index (κ1) is 17.4. The Morgan fingerprint density at radius 3 is 2.88 bits per heavy atom. The predicted octanol–water partition coefficient (Wildman–Crippen LogP) is 4.44. The summed E-state index contributed by atoms with van der Waals surface area (Å²) in [6.07, 6.45) is 2.56. The van der Waals surface area contributed by atoms with Crippen molar-refractivity contribution in [1.82, 2.24) is 5.32 Å². The average molecular weight is 394 g/mol. The minimum atomic E-state index is -0.243. The molecule has 1 heterocycles. The molecule has 1 aliphatic heterocycles. The van der Waals surface area contributed by atoms with Gasteiger partial charge in [-0.25, -0.2) is 4.39 Å². The molecule has 0 spiro atoms. The lowest BCUT2D eigenvalue weighted by Gasteiger charge is -2.15. The van der Waals surface area contributed by atoms with Crippen LogP contribution >= 0.6 is 15.9 Å². The maximum Gasteiger partial charge on any atom is 0.129 e. The van der Waals surface area contributed by atoms with Crippen molar-refractivity contribution in [3.05, 3.63) is 63.9 Å². The highest BCUT2D eigenvalue weighted by Gasteiger charge is 2.15. The van der Waals surface area contributed by atoms with Crippen LogP contribution in [-0.2, 0) is 17.9 Å². The number of hydrogen-bond acceptors (Lipinski definition) is 3. The zero-order valence-corrected chi connectivity index (χ0v) is 15.0. The molecule has 0 amide bonds. The smallest absolute Gasteiger partial charge is 0.129 e. The Labute approximate surface area is 150 Å². The van der Waals surface area contributed by atoms with Crippen molar-refractivity contribution in [1.29, 1.82) is 0 Å². The zero-order valence-electron chi connectivity index (χ0n) is 13.4. The van der Waals surface area contributed by atoms with Gasteiger partial charge in [0.25, 0.3) is 0 Å². The summed E-state index contributed by atoms with van der Waals surface area (Å²) in [4.78, 5) is 0. The molecule has 1 saturated heterocycles. The first-order valence-corrected chi connectivity index (χ1v) is 8.98. The molecular weight excluding hydrogens is 373 g/mol. The molecule has 24 heavy (non-hydrogen) atoms. The van der Waals surface area contributed by atoms with Crippen molar-refractivity contribution in [2.24, 2.45) is 0 Å². The summed E-state index contributed by atoms with van der Waals surface area (Å²) >= 11 is 3.49. The van der Waals surface area contributed by atoms with Gasteiger partial charge in [0.2, 0.25) is 0 Å². The normalized spacial score (nSPS) is 17.2. The number of ether oxygens (including phenoxy) is 2. The summed E-state index contributed by atoms with van der Waals surface area (Å²) in [5.74, 6) is 0.522. The Morgan fingerprint density at radius 1 is 1.21 bits per heavy atom. The Hall–Kier alpha value is -1.43. The Morgan fingerprint density at radius 2 is 2.08 bits per heavy atom. The van der Waals surface area contributed by atoms with Crippen LogP contribution in [0.15, 0.2) is 46.9 Å². The standard InChI is InChI=1S/C19H21BrFNO2/c20-16-7-8-19(24-13-14-4-1-2-6-18(14)21)15(10-16)11-22-12-17-5-3-9-23-17/h1-2,4,6-8,10,17,22H,3,5,9,11-13H2/t17-/m1/s1. The monoisotopic (exact) mass is 393 g/mol. The van der Waals surface area contributed by atoms with Gasteiger partial charge in [0.15, 0.2) is 0 Å². The maximum atomic E-state index is 13.7. The second-order valence-corrected chi connectivity index (χ2v) is 6.81. The van der Waals surface area contributed by atoms with Gasteiger partial charge in [-0.3, -0.25) is 0 Å². The predicted molar refractivity (Wildman–Crippen MR) is 95.6 cm³/mol. The largest absolute Gasteiger partial charge is 0.488 e. The van der Waals surface area contributed by atoms with Gasteiger partial charge in [-0.2, -0.15) is 0 Å². The van der Waals surface area contributed by atoms with E-state index in [0.29, 0.717) is 18.2 Å². The van der Waals surface area contributed by atoms with Gasteiger partial charge < -0.3 is 14.8 Å². The summed E-state index contributed by atoms with van der Waals surface area (Å²) in [6, 6.07) is 12.5. The van der Waals surface area contributed by atoms with Crippen molar-refractivity contribution in [3.63, 3.8) is 0 Å².